The first-order valence-electron chi connectivity index (χ1n) is 6.89. The maximum Gasteiger partial charge on any atom is 0.243 e. The van der Waals surface area contributed by atoms with Gasteiger partial charge in [0.05, 0.1) is 0 Å². The second kappa shape index (κ2) is 5.83. The molecule has 0 spiro atoms. The summed E-state index contributed by atoms with van der Waals surface area (Å²) in [6, 6.07) is 2.46. The van der Waals surface area contributed by atoms with E-state index in [2.05, 4.69) is 18.6 Å². The highest BCUT2D eigenvalue weighted by Gasteiger charge is 2.45. The average molecular weight is 335 g/mol. The highest BCUT2D eigenvalue weighted by atomic mass is 35.5. The fraction of sp³-hybridized carbons (Fsp3) is 0.571. The average Bonchev–Trinajstić information content (AvgIpc) is 3.20. The van der Waals surface area contributed by atoms with Crippen molar-refractivity contribution in [2.45, 2.75) is 38.1 Å². The fourth-order valence-corrected chi connectivity index (χ4v) is 3.99. The molecular formula is C14H20ClFN2O2S. The Bertz CT molecular complexity index is 643. The summed E-state index contributed by atoms with van der Waals surface area (Å²) >= 11 is 5.85. The van der Waals surface area contributed by atoms with Gasteiger partial charge in [0.1, 0.15) is 10.7 Å². The van der Waals surface area contributed by atoms with Gasteiger partial charge in [-0.25, -0.2) is 17.5 Å². The summed E-state index contributed by atoms with van der Waals surface area (Å²) in [6.07, 6.45) is 1.97. The van der Waals surface area contributed by atoms with Gasteiger partial charge in [-0.3, -0.25) is 0 Å². The Kier molecular flexibility index (Phi) is 4.63. The van der Waals surface area contributed by atoms with Crippen LogP contribution in [0.25, 0.3) is 0 Å². The zero-order valence-corrected chi connectivity index (χ0v) is 13.7. The van der Waals surface area contributed by atoms with E-state index in [1.54, 1.807) is 0 Å². The molecule has 21 heavy (non-hydrogen) atoms. The molecule has 0 bridgehead atoms. The van der Waals surface area contributed by atoms with Crippen LogP contribution in [0.3, 0.4) is 0 Å². The fourth-order valence-electron chi connectivity index (χ4n) is 2.40. The molecule has 0 unspecified atom stereocenters. The Morgan fingerprint density at radius 2 is 2.05 bits per heavy atom. The number of hydrogen-bond donors (Lipinski definition) is 2. The molecule has 1 saturated carbocycles. The van der Waals surface area contributed by atoms with Gasteiger partial charge in [0, 0.05) is 23.7 Å². The second-order valence-corrected chi connectivity index (χ2v) is 8.09. The maximum absolute atomic E-state index is 14.2. The third kappa shape index (κ3) is 3.39. The summed E-state index contributed by atoms with van der Waals surface area (Å²) in [7, 11) is -3.94. The smallest absolute Gasteiger partial charge is 0.243 e. The molecule has 0 atom stereocenters. The summed E-state index contributed by atoms with van der Waals surface area (Å²) in [4.78, 5) is -0.435. The topological polar surface area (TPSA) is 72.2 Å². The number of halogens is 2. The van der Waals surface area contributed by atoms with Gasteiger partial charge in [-0.1, -0.05) is 25.4 Å². The largest absolute Gasteiger partial charge is 0.326 e. The zero-order chi connectivity index (χ0) is 15.8. The summed E-state index contributed by atoms with van der Waals surface area (Å²) in [5.74, 6) is -0.451. The van der Waals surface area contributed by atoms with Crippen molar-refractivity contribution >= 4 is 21.6 Å². The third-order valence-corrected chi connectivity index (χ3v) is 5.94. The Hall–Kier alpha value is -0.690. The van der Waals surface area contributed by atoms with Gasteiger partial charge in [0.2, 0.25) is 10.0 Å². The molecule has 1 aliphatic rings. The predicted octanol–water partition coefficient (Wildman–Crippen LogP) is 2.65. The van der Waals surface area contributed by atoms with Crippen molar-refractivity contribution in [2.75, 3.05) is 6.54 Å². The minimum absolute atomic E-state index is 0.00117. The SMILES string of the molecule is CC(C)C1(CNS(=O)(=O)c2cc(Cl)cc(CN)c2F)CC1. The molecule has 0 saturated heterocycles. The lowest BCUT2D eigenvalue weighted by Crippen LogP contribution is -2.33. The standard InChI is InChI=1S/C14H20ClFN2O2S/c1-9(2)14(3-4-14)8-18-21(19,20)12-6-11(15)5-10(7-17)13(12)16/h5-6,9,18H,3-4,7-8,17H2,1-2H3. The molecule has 7 heteroatoms. The van der Waals surface area contributed by atoms with Gasteiger partial charge in [-0.2, -0.15) is 0 Å². The molecule has 1 aliphatic carbocycles. The predicted molar refractivity (Wildman–Crippen MR) is 81.0 cm³/mol. The van der Waals surface area contributed by atoms with Crippen LogP contribution in [0.4, 0.5) is 4.39 Å². The number of nitrogens with two attached hydrogens (primary N) is 1. The Morgan fingerprint density at radius 1 is 1.43 bits per heavy atom. The number of benzene rings is 1. The molecule has 0 aliphatic heterocycles. The van der Waals surface area contributed by atoms with Crippen LogP contribution in [0.5, 0.6) is 0 Å². The van der Waals surface area contributed by atoms with E-state index >= 15 is 0 Å². The number of nitrogens with one attached hydrogen (secondary N) is 1. The number of rotatable bonds is 6. The molecule has 2 rings (SSSR count). The van der Waals surface area contributed by atoms with Crippen molar-refractivity contribution < 1.29 is 12.8 Å². The molecule has 0 heterocycles. The van der Waals surface area contributed by atoms with Crippen molar-refractivity contribution in [1.82, 2.24) is 4.72 Å². The van der Waals surface area contributed by atoms with E-state index in [4.69, 9.17) is 17.3 Å². The van der Waals surface area contributed by atoms with Gasteiger partial charge in [-0.05, 0) is 36.3 Å². The molecule has 3 N–H and O–H groups in total. The van der Waals surface area contributed by atoms with E-state index in [9.17, 15) is 12.8 Å². The van der Waals surface area contributed by atoms with Crippen molar-refractivity contribution in [1.29, 1.82) is 0 Å². The lowest BCUT2D eigenvalue weighted by molar-refractivity contribution is 0.357. The Balaban J connectivity index is 2.26. The highest BCUT2D eigenvalue weighted by molar-refractivity contribution is 7.89. The Morgan fingerprint density at radius 3 is 2.52 bits per heavy atom. The number of sulfonamides is 1. The van der Waals surface area contributed by atoms with Gasteiger partial charge < -0.3 is 5.73 Å². The van der Waals surface area contributed by atoms with Crippen molar-refractivity contribution in [3.63, 3.8) is 0 Å². The van der Waals surface area contributed by atoms with E-state index in [-0.39, 0.29) is 22.5 Å². The van der Waals surface area contributed by atoms with E-state index < -0.39 is 20.7 Å². The lowest BCUT2D eigenvalue weighted by atomic mass is 9.93. The normalized spacial score (nSPS) is 17.2. The molecule has 1 aromatic rings. The summed E-state index contributed by atoms with van der Waals surface area (Å²) in [5, 5.41) is 0.155. The van der Waals surface area contributed by atoms with Crippen molar-refractivity contribution in [2.24, 2.45) is 17.1 Å². The zero-order valence-electron chi connectivity index (χ0n) is 12.1. The highest BCUT2D eigenvalue weighted by Crippen LogP contribution is 2.51. The molecule has 0 radical (unpaired) electrons. The van der Waals surface area contributed by atoms with Crippen molar-refractivity contribution in [3.8, 4) is 0 Å². The van der Waals surface area contributed by atoms with Gasteiger partial charge in [-0.15, -0.1) is 0 Å². The van der Waals surface area contributed by atoms with Gasteiger partial charge in [0.25, 0.3) is 0 Å². The first-order valence-corrected chi connectivity index (χ1v) is 8.75. The molecule has 0 amide bonds. The van der Waals surface area contributed by atoms with Crippen LogP contribution in [0.2, 0.25) is 5.02 Å². The van der Waals surface area contributed by atoms with Gasteiger partial charge in [0.15, 0.2) is 0 Å². The maximum atomic E-state index is 14.2. The van der Waals surface area contributed by atoms with Crippen molar-refractivity contribution in [3.05, 3.63) is 28.5 Å². The van der Waals surface area contributed by atoms with E-state index in [1.807, 2.05) is 0 Å². The van der Waals surface area contributed by atoms with E-state index in [0.29, 0.717) is 12.5 Å². The van der Waals surface area contributed by atoms with E-state index in [1.165, 1.54) is 6.07 Å². The van der Waals surface area contributed by atoms with Gasteiger partial charge >= 0.3 is 0 Å². The lowest BCUT2D eigenvalue weighted by Gasteiger charge is -2.20. The molecule has 4 nitrogen and oxygen atoms in total. The Labute approximate surface area is 129 Å². The quantitative estimate of drug-likeness (QED) is 0.840. The molecule has 1 aromatic carbocycles. The summed E-state index contributed by atoms with van der Waals surface area (Å²) < 4.78 is 41.3. The minimum Gasteiger partial charge on any atom is -0.326 e. The molecule has 1 fully saturated rings. The summed E-state index contributed by atoms with van der Waals surface area (Å²) in [5.41, 5.74) is 5.50. The van der Waals surface area contributed by atoms with Crippen LogP contribution in [0.1, 0.15) is 32.3 Å². The first kappa shape index (κ1) is 16.7. The third-order valence-electron chi connectivity index (χ3n) is 4.32. The van der Waals surface area contributed by atoms with Crippen LogP contribution < -0.4 is 10.5 Å². The van der Waals surface area contributed by atoms with Crippen LogP contribution >= 0.6 is 11.6 Å². The molecular weight excluding hydrogens is 315 g/mol. The minimum atomic E-state index is -3.94. The summed E-state index contributed by atoms with van der Waals surface area (Å²) in [6.45, 7) is 4.34. The second-order valence-electron chi connectivity index (χ2n) is 5.92. The van der Waals surface area contributed by atoms with Crippen LogP contribution in [-0.2, 0) is 16.6 Å². The van der Waals surface area contributed by atoms with E-state index in [0.717, 1.165) is 18.9 Å². The molecule has 118 valence electrons. The van der Waals surface area contributed by atoms with Crippen LogP contribution in [0.15, 0.2) is 17.0 Å². The van der Waals surface area contributed by atoms with Crippen LogP contribution in [-0.4, -0.2) is 15.0 Å². The van der Waals surface area contributed by atoms with Crippen LogP contribution in [0, 0.1) is 17.2 Å². The monoisotopic (exact) mass is 334 g/mol. The first-order chi connectivity index (χ1) is 9.72. The molecule has 0 aromatic heterocycles. The number of hydrogen-bond acceptors (Lipinski definition) is 3.